The molecule has 0 spiro atoms. The van der Waals surface area contributed by atoms with E-state index in [0.717, 1.165) is 17.3 Å². The van der Waals surface area contributed by atoms with Crippen LogP contribution in [0.5, 0.6) is 0 Å². The lowest BCUT2D eigenvalue weighted by molar-refractivity contribution is 0.660. The molecule has 1 atom stereocenters. The van der Waals surface area contributed by atoms with Gasteiger partial charge in [0, 0.05) is 10.7 Å². The fraction of sp³-hybridized carbons (Fsp3) is 0.571. The Labute approximate surface area is 64.0 Å². The van der Waals surface area contributed by atoms with Gasteiger partial charge in [0.15, 0.2) is 0 Å². The van der Waals surface area contributed by atoms with E-state index in [4.69, 9.17) is 0 Å². The third-order valence-corrected chi connectivity index (χ3v) is 1.99. The molecular formula is C7H10BrN. The lowest BCUT2D eigenvalue weighted by Crippen LogP contribution is -2.04. The third kappa shape index (κ3) is 1.94. The molecule has 50 valence electrons. The second-order valence-electron chi connectivity index (χ2n) is 2.16. The molecule has 0 bridgehead atoms. The number of allylic oxidation sites excluding steroid dienone is 1. The normalized spacial score (nSPS) is 26.0. The van der Waals surface area contributed by atoms with Gasteiger partial charge in [0.05, 0.1) is 6.04 Å². The second-order valence-corrected chi connectivity index (χ2v) is 3.08. The molecule has 0 saturated heterocycles. The molecule has 0 N–H and O–H groups in total. The molecule has 1 unspecified atom stereocenters. The van der Waals surface area contributed by atoms with Crippen LogP contribution in [0, 0.1) is 0 Å². The van der Waals surface area contributed by atoms with E-state index < -0.39 is 0 Å². The Morgan fingerprint density at radius 1 is 1.89 bits per heavy atom. The van der Waals surface area contributed by atoms with Crippen molar-refractivity contribution in [3.63, 3.8) is 0 Å². The van der Waals surface area contributed by atoms with Gasteiger partial charge in [-0.15, -0.1) is 0 Å². The molecule has 0 aromatic rings. The molecule has 1 aliphatic rings. The summed E-state index contributed by atoms with van der Waals surface area (Å²) in [6, 6.07) is 0.534. The van der Waals surface area contributed by atoms with Gasteiger partial charge in [-0.1, -0.05) is 13.0 Å². The maximum absolute atomic E-state index is 4.29. The van der Waals surface area contributed by atoms with Crippen LogP contribution in [0.3, 0.4) is 0 Å². The number of rotatable bonds is 1. The van der Waals surface area contributed by atoms with Crippen molar-refractivity contribution in [3.05, 3.63) is 10.6 Å². The first kappa shape index (κ1) is 7.00. The predicted molar refractivity (Wildman–Crippen MR) is 44.2 cm³/mol. The molecular weight excluding hydrogens is 178 g/mol. The summed E-state index contributed by atoms with van der Waals surface area (Å²) in [5, 5.41) is 0. The SMILES string of the molecule is CCC1CC=C(Br)C=N1. The number of nitrogens with zero attached hydrogens (tertiary/aromatic N) is 1. The predicted octanol–water partition coefficient (Wildman–Crippen LogP) is 2.52. The summed E-state index contributed by atoms with van der Waals surface area (Å²) in [5.74, 6) is 0. The number of dihydropyridines is 1. The first-order valence-electron chi connectivity index (χ1n) is 3.21. The van der Waals surface area contributed by atoms with Gasteiger partial charge in [-0.05, 0) is 28.8 Å². The topological polar surface area (TPSA) is 12.4 Å². The van der Waals surface area contributed by atoms with Gasteiger partial charge in [-0.2, -0.15) is 0 Å². The van der Waals surface area contributed by atoms with Crippen molar-refractivity contribution in [1.29, 1.82) is 0 Å². The molecule has 9 heavy (non-hydrogen) atoms. The molecule has 1 nitrogen and oxygen atoms in total. The molecule has 0 aliphatic carbocycles. The van der Waals surface area contributed by atoms with Gasteiger partial charge in [0.2, 0.25) is 0 Å². The van der Waals surface area contributed by atoms with Crippen LogP contribution in [0.25, 0.3) is 0 Å². The summed E-state index contributed by atoms with van der Waals surface area (Å²) >= 11 is 3.36. The summed E-state index contributed by atoms with van der Waals surface area (Å²) in [6.07, 6.45) is 6.29. The smallest absolute Gasteiger partial charge is 0.0532 e. The minimum Gasteiger partial charge on any atom is -0.288 e. The van der Waals surface area contributed by atoms with Gasteiger partial charge in [-0.3, -0.25) is 4.99 Å². The molecule has 1 rings (SSSR count). The van der Waals surface area contributed by atoms with Crippen molar-refractivity contribution in [2.75, 3.05) is 0 Å². The number of halogens is 1. The fourth-order valence-electron chi connectivity index (χ4n) is 0.811. The molecule has 0 aromatic heterocycles. The Morgan fingerprint density at radius 2 is 2.67 bits per heavy atom. The highest BCUT2D eigenvalue weighted by Crippen LogP contribution is 2.14. The summed E-state index contributed by atoms with van der Waals surface area (Å²) in [6.45, 7) is 2.16. The first-order chi connectivity index (χ1) is 4.33. The Hall–Kier alpha value is -0.110. The van der Waals surface area contributed by atoms with Crippen molar-refractivity contribution in [2.24, 2.45) is 4.99 Å². The number of hydrogen-bond acceptors (Lipinski definition) is 1. The van der Waals surface area contributed by atoms with E-state index in [-0.39, 0.29) is 0 Å². The van der Waals surface area contributed by atoms with Gasteiger partial charge in [0.25, 0.3) is 0 Å². The Morgan fingerprint density at radius 3 is 3.11 bits per heavy atom. The van der Waals surface area contributed by atoms with E-state index in [1.807, 2.05) is 6.21 Å². The number of aliphatic imine (C=N–C) groups is 1. The van der Waals surface area contributed by atoms with Crippen LogP contribution in [-0.4, -0.2) is 12.3 Å². The summed E-state index contributed by atoms with van der Waals surface area (Å²) in [7, 11) is 0. The first-order valence-corrected chi connectivity index (χ1v) is 4.01. The van der Waals surface area contributed by atoms with E-state index in [2.05, 4.69) is 33.9 Å². The minimum absolute atomic E-state index is 0.534. The zero-order chi connectivity index (χ0) is 6.69. The molecule has 0 amide bonds. The maximum Gasteiger partial charge on any atom is 0.0532 e. The second kappa shape index (κ2) is 3.16. The monoisotopic (exact) mass is 187 g/mol. The molecule has 0 fully saturated rings. The summed E-state index contributed by atoms with van der Waals surface area (Å²) < 4.78 is 1.12. The van der Waals surface area contributed by atoms with Crippen LogP contribution in [0.1, 0.15) is 19.8 Å². The van der Waals surface area contributed by atoms with Crippen LogP contribution in [0.15, 0.2) is 15.6 Å². The van der Waals surface area contributed by atoms with Gasteiger partial charge in [0.1, 0.15) is 0 Å². The van der Waals surface area contributed by atoms with Crippen LogP contribution < -0.4 is 0 Å². The summed E-state index contributed by atoms with van der Waals surface area (Å²) in [5.41, 5.74) is 0. The Balaban J connectivity index is 2.48. The van der Waals surface area contributed by atoms with Crippen molar-refractivity contribution < 1.29 is 0 Å². The van der Waals surface area contributed by atoms with E-state index in [1.165, 1.54) is 0 Å². The Kier molecular flexibility index (Phi) is 2.46. The van der Waals surface area contributed by atoms with Crippen molar-refractivity contribution >= 4 is 22.1 Å². The zero-order valence-electron chi connectivity index (χ0n) is 5.47. The standard InChI is InChI=1S/C7H10BrN/c1-2-7-4-3-6(8)5-9-7/h3,5,7H,2,4H2,1H3. The van der Waals surface area contributed by atoms with Crippen LogP contribution in [0.4, 0.5) is 0 Å². The highest BCUT2D eigenvalue weighted by atomic mass is 79.9. The average molecular weight is 188 g/mol. The largest absolute Gasteiger partial charge is 0.288 e. The Bertz CT molecular complexity index is 149. The van der Waals surface area contributed by atoms with Gasteiger partial charge < -0.3 is 0 Å². The van der Waals surface area contributed by atoms with Crippen LogP contribution in [0.2, 0.25) is 0 Å². The van der Waals surface area contributed by atoms with Crippen molar-refractivity contribution in [2.45, 2.75) is 25.8 Å². The lowest BCUT2D eigenvalue weighted by Gasteiger charge is -2.09. The van der Waals surface area contributed by atoms with Crippen molar-refractivity contribution in [3.8, 4) is 0 Å². The summed E-state index contributed by atoms with van der Waals surface area (Å²) in [4.78, 5) is 4.29. The molecule has 1 heterocycles. The highest BCUT2D eigenvalue weighted by molar-refractivity contribution is 9.12. The maximum atomic E-state index is 4.29. The van der Waals surface area contributed by atoms with Crippen LogP contribution >= 0.6 is 15.9 Å². The van der Waals surface area contributed by atoms with E-state index in [0.29, 0.717) is 6.04 Å². The van der Waals surface area contributed by atoms with E-state index in [9.17, 15) is 0 Å². The van der Waals surface area contributed by atoms with Crippen molar-refractivity contribution in [1.82, 2.24) is 0 Å². The lowest BCUT2D eigenvalue weighted by atomic mass is 10.1. The minimum atomic E-state index is 0.534. The zero-order valence-corrected chi connectivity index (χ0v) is 7.06. The average Bonchev–Trinajstić information content (AvgIpc) is 1.90. The highest BCUT2D eigenvalue weighted by Gasteiger charge is 2.04. The number of hydrogen-bond donors (Lipinski definition) is 0. The van der Waals surface area contributed by atoms with Gasteiger partial charge in [-0.25, -0.2) is 0 Å². The van der Waals surface area contributed by atoms with Gasteiger partial charge >= 0.3 is 0 Å². The molecule has 1 aliphatic heterocycles. The molecule has 0 aromatic carbocycles. The molecule has 2 heteroatoms. The third-order valence-electron chi connectivity index (χ3n) is 1.46. The molecule has 0 radical (unpaired) electrons. The van der Waals surface area contributed by atoms with E-state index >= 15 is 0 Å². The quantitative estimate of drug-likeness (QED) is 0.599. The van der Waals surface area contributed by atoms with E-state index in [1.54, 1.807) is 0 Å². The van der Waals surface area contributed by atoms with Crippen LogP contribution in [-0.2, 0) is 0 Å². The fourth-order valence-corrected chi connectivity index (χ4v) is 1.12. The molecule has 0 saturated carbocycles.